The highest BCUT2D eigenvalue weighted by molar-refractivity contribution is 7.17. The van der Waals surface area contributed by atoms with Crippen LogP contribution >= 0.6 is 11.3 Å². The van der Waals surface area contributed by atoms with Gasteiger partial charge in [-0.2, -0.15) is 23.4 Å². The summed E-state index contributed by atoms with van der Waals surface area (Å²) < 4.78 is 48.1. The average molecular weight is 546 g/mol. The summed E-state index contributed by atoms with van der Waals surface area (Å²) in [7, 11) is 2.91. The SMILES string of the molecule is COC(=O)c1c(NC(=O)c2ccn(-c3nc(-c4cnn(C)c4)cc(C(F)(F)F)n3)n2)sc2c1CCCCC2. The molecule has 4 heterocycles. The van der Waals surface area contributed by atoms with E-state index in [-0.39, 0.29) is 17.3 Å². The summed E-state index contributed by atoms with van der Waals surface area (Å²) in [6, 6.07) is 2.16. The van der Waals surface area contributed by atoms with E-state index in [1.165, 1.54) is 47.8 Å². The Balaban J connectivity index is 1.46. The highest BCUT2D eigenvalue weighted by Crippen LogP contribution is 2.38. The number of aryl methyl sites for hydroxylation is 2. The van der Waals surface area contributed by atoms with Crippen LogP contribution in [0.5, 0.6) is 0 Å². The quantitative estimate of drug-likeness (QED) is 0.291. The molecule has 1 N–H and O–H groups in total. The highest BCUT2D eigenvalue weighted by Gasteiger charge is 2.34. The summed E-state index contributed by atoms with van der Waals surface area (Å²) in [6.45, 7) is 0. The van der Waals surface area contributed by atoms with Crippen molar-refractivity contribution in [3.8, 4) is 17.2 Å². The van der Waals surface area contributed by atoms with Gasteiger partial charge in [-0.1, -0.05) is 6.42 Å². The summed E-state index contributed by atoms with van der Waals surface area (Å²) in [4.78, 5) is 34.5. The van der Waals surface area contributed by atoms with Crippen LogP contribution in [0.25, 0.3) is 17.2 Å². The van der Waals surface area contributed by atoms with Crippen molar-refractivity contribution >= 4 is 28.2 Å². The Bertz CT molecular complexity index is 1520. The number of nitrogens with one attached hydrogen (secondary N) is 1. The molecule has 0 atom stereocenters. The van der Waals surface area contributed by atoms with Crippen molar-refractivity contribution in [2.24, 2.45) is 7.05 Å². The molecule has 198 valence electrons. The van der Waals surface area contributed by atoms with Crippen molar-refractivity contribution in [1.82, 2.24) is 29.5 Å². The number of alkyl halides is 3. The predicted molar refractivity (Wildman–Crippen MR) is 131 cm³/mol. The molecule has 1 amide bonds. The highest BCUT2D eigenvalue weighted by atomic mass is 32.1. The first-order valence-electron chi connectivity index (χ1n) is 11.7. The van der Waals surface area contributed by atoms with Gasteiger partial charge in [0.1, 0.15) is 5.00 Å². The first-order chi connectivity index (χ1) is 18.1. The van der Waals surface area contributed by atoms with E-state index in [0.29, 0.717) is 22.5 Å². The number of carbonyl (C=O) groups excluding carboxylic acids is 2. The Morgan fingerprint density at radius 1 is 1.16 bits per heavy atom. The number of rotatable bonds is 5. The van der Waals surface area contributed by atoms with Crippen LogP contribution in [-0.2, 0) is 30.8 Å². The van der Waals surface area contributed by atoms with Crippen LogP contribution in [0.2, 0.25) is 0 Å². The molecule has 1 aliphatic carbocycles. The van der Waals surface area contributed by atoms with Gasteiger partial charge in [-0.3, -0.25) is 9.48 Å². The smallest absolute Gasteiger partial charge is 0.433 e. The number of fused-ring (bicyclic) bond motifs is 1. The molecule has 4 aromatic rings. The van der Waals surface area contributed by atoms with E-state index in [1.54, 1.807) is 7.05 Å². The molecule has 0 aromatic carbocycles. The molecule has 0 saturated heterocycles. The lowest BCUT2D eigenvalue weighted by Crippen LogP contribution is -2.16. The van der Waals surface area contributed by atoms with Crippen molar-refractivity contribution in [1.29, 1.82) is 0 Å². The maximum atomic E-state index is 13.6. The molecule has 5 rings (SSSR count). The normalized spacial score (nSPS) is 13.6. The molecule has 0 bridgehead atoms. The van der Waals surface area contributed by atoms with E-state index in [4.69, 9.17) is 4.74 Å². The summed E-state index contributed by atoms with van der Waals surface area (Å²) in [5.41, 5.74) is 0.336. The van der Waals surface area contributed by atoms with Crippen LogP contribution in [0.3, 0.4) is 0 Å². The number of carbonyl (C=O) groups is 2. The van der Waals surface area contributed by atoms with Gasteiger partial charge in [-0.05, 0) is 43.4 Å². The van der Waals surface area contributed by atoms with Crippen molar-refractivity contribution in [2.75, 3.05) is 12.4 Å². The minimum atomic E-state index is -4.73. The zero-order chi connectivity index (χ0) is 27.0. The molecule has 0 spiro atoms. The fraction of sp³-hybridized carbons (Fsp3) is 0.333. The number of aromatic nitrogens is 6. The van der Waals surface area contributed by atoms with E-state index >= 15 is 0 Å². The fourth-order valence-corrected chi connectivity index (χ4v) is 5.53. The summed E-state index contributed by atoms with van der Waals surface area (Å²) in [5, 5.41) is 11.2. The molecule has 0 fully saturated rings. The number of anilines is 1. The minimum absolute atomic E-state index is 0.000249. The number of ether oxygens (including phenoxy) is 1. The molecule has 0 saturated carbocycles. The Kier molecular flexibility index (Phi) is 6.73. The topological polar surface area (TPSA) is 117 Å². The van der Waals surface area contributed by atoms with Crippen molar-refractivity contribution in [3.05, 3.63) is 58.1 Å². The van der Waals surface area contributed by atoms with Crippen LogP contribution in [0.4, 0.5) is 18.2 Å². The lowest BCUT2D eigenvalue weighted by molar-refractivity contribution is -0.141. The van der Waals surface area contributed by atoms with Gasteiger partial charge >= 0.3 is 12.1 Å². The predicted octanol–water partition coefficient (Wildman–Crippen LogP) is 4.45. The molecule has 0 radical (unpaired) electrons. The molecule has 10 nitrogen and oxygen atoms in total. The van der Waals surface area contributed by atoms with Crippen molar-refractivity contribution in [2.45, 2.75) is 38.3 Å². The van der Waals surface area contributed by atoms with E-state index in [0.717, 1.165) is 46.9 Å². The molecule has 4 aromatic heterocycles. The largest absolute Gasteiger partial charge is 0.465 e. The monoisotopic (exact) mass is 545 g/mol. The Labute approximate surface area is 218 Å². The molecule has 14 heteroatoms. The molecule has 1 aliphatic rings. The minimum Gasteiger partial charge on any atom is -0.465 e. The zero-order valence-corrected chi connectivity index (χ0v) is 21.2. The number of amides is 1. The number of hydrogen-bond acceptors (Lipinski definition) is 8. The van der Waals surface area contributed by atoms with Gasteiger partial charge in [-0.15, -0.1) is 11.3 Å². The maximum Gasteiger partial charge on any atom is 0.433 e. The molecule has 38 heavy (non-hydrogen) atoms. The standard InChI is InChI=1S/C24H22F3N7O3S/c1-33-12-13(11-28-33)16-10-18(24(25,26)27)30-23(29-16)34-9-8-15(32-34)20(35)31-21-19(22(36)37-2)14-6-4-3-5-7-17(14)38-21/h8-12H,3-7H2,1-2H3,(H,31,35). The van der Waals surface area contributed by atoms with Gasteiger partial charge < -0.3 is 10.1 Å². The maximum absolute atomic E-state index is 13.6. The van der Waals surface area contributed by atoms with Gasteiger partial charge in [0.15, 0.2) is 11.4 Å². The number of thiophene rings is 1. The van der Waals surface area contributed by atoms with E-state index in [2.05, 4.69) is 25.5 Å². The van der Waals surface area contributed by atoms with Crippen LogP contribution < -0.4 is 5.32 Å². The number of nitrogens with zero attached hydrogens (tertiary/aromatic N) is 6. The Hall–Kier alpha value is -4.07. The number of esters is 1. The lowest BCUT2D eigenvalue weighted by atomic mass is 10.1. The van der Waals surface area contributed by atoms with Gasteiger partial charge in [-0.25, -0.2) is 19.4 Å². The molecular formula is C24H22F3N7O3S. The molecule has 0 unspecified atom stereocenters. The number of halogens is 3. The summed E-state index contributed by atoms with van der Waals surface area (Å²) in [5.74, 6) is -1.54. The number of hydrogen-bond donors (Lipinski definition) is 1. The van der Waals surface area contributed by atoms with E-state index in [9.17, 15) is 22.8 Å². The summed E-state index contributed by atoms with van der Waals surface area (Å²) in [6.07, 6.45) is 3.97. The Morgan fingerprint density at radius 2 is 1.95 bits per heavy atom. The van der Waals surface area contributed by atoms with Gasteiger partial charge in [0.2, 0.25) is 0 Å². The van der Waals surface area contributed by atoms with Crippen LogP contribution in [0.1, 0.15) is 56.2 Å². The Morgan fingerprint density at radius 3 is 2.66 bits per heavy atom. The van der Waals surface area contributed by atoms with Gasteiger partial charge in [0, 0.05) is 29.9 Å². The van der Waals surface area contributed by atoms with Crippen molar-refractivity contribution < 1.29 is 27.5 Å². The zero-order valence-electron chi connectivity index (χ0n) is 20.4. The number of methoxy groups -OCH3 is 1. The third-order valence-corrected chi connectivity index (χ3v) is 7.28. The van der Waals surface area contributed by atoms with Crippen LogP contribution in [0, 0.1) is 0 Å². The van der Waals surface area contributed by atoms with Gasteiger partial charge in [0.05, 0.1) is 24.6 Å². The van der Waals surface area contributed by atoms with E-state index < -0.39 is 23.7 Å². The second-order valence-electron chi connectivity index (χ2n) is 8.70. The first-order valence-corrected chi connectivity index (χ1v) is 12.5. The first kappa shape index (κ1) is 25.6. The summed E-state index contributed by atoms with van der Waals surface area (Å²) >= 11 is 1.33. The van der Waals surface area contributed by atoms with Crippen LogP contribution in [0.15, 0.2) is 30.7 Å². The van der Waals surface area contributed by atoms with Gasteiger partial charge in [0.25, 0.3) is 11.9 Å². The molecular weight excluding hydrogens is 523 g/mol. The van der Waals surface area contributed by atoms with E-state index in [1.807, 2.05) is 0 Å². The van der Waals surface area contributed by atoms with Crippen LogP contribution in [-0.4, -0.2) is 48.5 Å². The molecule has 0 aliphatic heterocycles. The third-order valence-electron chi connectivity index (χ3n) is 6.07. The average Bonchev–Trinajstić information content (AvgIpc) is 3.59. The van der Waals surface area contributed by atoms with Crippen molar-refractivity contribution in [3.63, 3.8) is 0 Å². The second-order valence-corrected chi connectivity index (χ2v) is 9.80. The lowest BCUT2D eigenvalue weighted by Gasteiger charge is -2.09. The third kappa shape index (κ3) is 5.03. The second kappa shape index (κ2) is 10.0. The fourth-order valence-electron chi connectivity index (χ4n) is 4.26.